The zero-order chi connectivity index (χ0) is 17.8. The molecule has 0 radical (unpaired) electrons. The van der Waals surface area contributed by atoms with Crippen LogP contribution in [0.1, 0.15) is 23.2 Å². The highest BCUT2D eigenvalue weighted by Crippen LogP contribution is 2.24. The Bertz CT molecular complexity index is 754. The number of non-ortho nitro benzene ring substituents is 1. The fourth-order valence-electron chi connectivity index (χ4n) is 2.82. The first-order chi connectivity index (χ1) is 12.0. The zero-order valence-corrected chi connectivity index (χ0v) is 14.2. The Kier molecular flexibility index (Phi) is 5.19. The molecule has 1 fully saturated rings. The molecule has 0 amide bonds. The molecule has 6 nitrogen and oxygen atoms in total. The van der Waals surface area contributed by atoms with E-state index in [-0.39, 0.29) is 17.8 Å². The number of carbonyl (C=O) groups excluding carboxylic acids is 1. The van der Waals surface area contributed by atoms with Gasteiger partial charge in [-0.2, -0.15) is 0 Å². The van der Waals surface area contributed by atoms with Gasteiger partial charge in [-0.15, -0.1) is 0 Å². The van der Waals surface area contributed by atoms with Gasteiger partial charge in [-0.05, 0) is 36.4 Å². The Labute approximate surface area is 150 Å². The number of nitro groups is 1. The lowest BCUT2D eigenvalue weighted by Crippen LogP contribution is -2.37. The molecular formula is C18H17ClN2O4. The highest BCUT2D eigenvalue weighted by molar-refractivity contribution is 6.30. The van der Waals surface area contributed by atoms with Gasteiger partial charge in [0.05, 0.1) is 10.5 Å². The number of hydrogen-bond acceptors (Lipinski definition) is 5. The number of esters is 1. The lowest BCUT2D eigenvalue weighted by Gasteiger charge is -2.33. The summed E-state index contributed by atoms with van der Waals surface area (Å²) in [5, 5.41) is 11.3. The molecule has 0 bridgehead atoms. The third-order valence-corrected chi connectivity index (χ3v) is 4.47. The third-order valence-electron chi connectivity index (χ3n) is 4.22. The predicted octanol–water partition coefficient (Wildman–Crippen LogP) is 4.07. The minimum Gasteiger partial charge on any atom is -0.459 e. The summed E-state index contributed by atoms with van der Waals surface area (Å²) in [6.45, 7) is 1.47. The van der Waals surface area contributed by atoms with Crippen LogP contribution in [0, 0.1) is 10.1 Å². The summed E-state index contributed by atoms with van der Waals surface area (Å²) in [4.78, 5) is 24.6. The molecule has 25 heavy (non-hydrogen) atoms. The Hall–Kier alpha value is -2.60. The van der Waals surface area contributed by atoms with Crippen molar-refractivity contribution in [2.45, 2.75) is 18.9 Å². The summed E-state index contributed by atoms with van der Waals surface area (Å²) in [5.41, 5.74) is 1.51. The van der Waals surface area contributed by atoms with Crippen LogP contribution in [0.25, 0.3) is 0 Å². The van der Waals surface area contributed by atoms with E-state index in [0.29, 0.717) is 10.6 Å². The predicted molar refractivity (Wildman–Crippen MR) is 95.2 cm³/mol. The lowest BCUT2D eigenvalue weighted by atomic mass is 10.1. The molecule has 1 saturated heterocycles. The van der Waals surface area contributed by atoms with Crippen LogP contribution in [0.2, 0.25) is 5.02 Å². The summed E-state index contributed by atoms with van der Waals surface area (Å²) in [6.07, 6.45) is 1.31. The molecule has 2 aromatic carbocycles. The molecule has 1 aliphatic rings. The van der Waals surface area contributed by atoms with Gasteiger partial charge in [0, 0.05) is 48.8 Å². The molecule has 0 N–H and O–H groups in total. The van der Waals surface area contributed by atoms with Crippen molar-refractivity contribution in [2.75, 3.05) is 18.0 Å². The van der Waals surface area contributed by atoms with E-state index in [4.69, 9.17) is 16.3 Å². The number of halogens is 1. The number of benzene rings is 2. The number of nitro benzene ring substituents is 1. The number of piperidine rings is 1. The number of ether oxygens (including phenoxy) is 1. The van der Waals surface area contributed by atoms with E-state index in [1.165, 1.54) is 12.1 Å². The van der Waals surface area contributed by atoms with Crippen molar-refractivity contribution in [1.29, 1.82) is 0 Å². The maximum Gasteiger partial charge on any atom is 0.338 e. The van der Waals surface area contributed by atoms with Crippen molar-refractivity contribution in [3.63, 3.8) is 0 Å². The molecule has 0 unspecified atom stereocenters. The van der Waals surface area contributed by atoms with Gasteiger partial charge in [-0.1, -0.05) is 11.6 Å². The molecule has 0 saturated carbocycles. The molecule has 0 spiro atoms. The van der Waals surface area contributed by atoms with Gasteiger partial charge in [0.25, 0.3) is 5.69 Å². The van der Waals surface area contributed by atoms with Crippen LogP contribution in [0.15, 0.2) is 48.5 Å². The minimum absolute atomic E-state index is 0.0792. The van der Waals surface area contributed by atoms with Crippen molar-refractivity contribution < 1.29 is 14.5 Å². The smallest absolute Gasteiger partial charge is 0.338 e. The van der Waals surface area contributed by atoms with E-state index in [1.807, 2.05) is 0 Å². The van der Waals surface area contributed by atoms with E-state index in [1.54, 1.807) is 36.4 Å². The third kappa shape index (κ3) is 4.28. The van der Waals surface area contributed by atoms with Gasteiger partial charge in [-0.25, -0.2) is 4.79 Å². The maximum absolute atomic E-state index is 12.1. The second kappa shape index (κ2) is 7.53. The van der Waals surface area contributed by atoms with E-state index < -0.39 is 4.92 Å². The summed E-state index contributed by atoms with van der Waals surface area (Å²) < 4.78 is 5.55. The van der Waals surface area contributed by atoms with Crippen molar-refractivity contribution in [3.05, 3.63) is 69.2 Å². The van der Waals surface area contributed by atoms with Gasteiger partial charge >= 0.3 is 5.97 Å². The first-order valence-corrected chi connectivity index (χ1v) is 8.36. The topological polar surface area (TPSA) is 72.7 Å². The van der Waals surface area contributed by atoms with Gasteiger partial charge in [0.15, 0.2) is 0 Å². The number of carbonyl (C=O) groups is 1. The van der Waals surface area contributed by atoms with Crippen LogP contribution in [-0.2, 0) is 4.74 Å². The highest BCUT2D eigenvalue weighted by atomic mass is 35.5. The molecule has 0 aliphatic carbocycles. The Morgan fingerprint density at radius 2 is 1.68 bits per heavy atom. The summed E-state index contributed by atoms with van der Waals surface area (Å²) in [6, 6.07) is 13.1. The molecule has 3 rings (SSSR count). The van der Waals surface area contributed by atoms with Crippen molar-refractivity contribution >= 4 is 28.9 Å². The van der Waals surface area contributed by atoms with E-state index >= 15 is 0 Å². The number of nitrogens with zero attached hydrogens (tertiary/aromatic N) is 2. The number of rotatable bonds is 4. The SMILES string of the molecule is O=C(OC1CCN(c2ccc([N+](=O)[O-])cc2)CC1)c1ccc(Cl)cc1. The normalized spacial score (nSPS) is 15.0. The monoisotopic (exact) mass is 360 g/mol. The fraction of sp³-hybridized carbons (Fsp3) is 0.278. The van der Waals surface area contributed by atoms with Gasteiger partial charge in [0.2, 0.25) is 0 Å². The van der Waals surface area contributed by atoms with Crippen LogP contribution < -0.4 is 4.90 Å². The molecule has 2 aromatic rings. The maximum atomic E-state index is 12.1. The summed E-state index contributed by atoms with van der Waals surface area (Å²) >= 11 is 5.81. The minimum atomic E-state index is -0.410. The van der Waals surface area contributed by atoms with Crippen molar-refractivity contribution in [1.82, 2.24) is 0 Å². The van der Waals surface area contributed by atoms with Crippen LogP contribution in [-0.4, -0.2) is 30.1 Å². The molecule has 130 valence electrons. The second-order valence-electron chi connectivity index (χ2n) is 5.87. The first-order valence-electron chi connectivity index (χ1n) is 7.99. The zero-order valence-electron chi connectivity index (χ0n) is 13.4. The van der Waals surface area contributed by atoms with E-state index in [0.717, 1.165) is 31.6 Å². The van der Waals surface area contributed by atoms with E-state index in [2.05, 4.69) is 4.90 Å². The van der Waals surface area contributed by atoms with E-state index in [9.17, 15) is 14.9 Å². The van der Waals surface area contributed by atoms with Crippen LogP contribution in [0.3, 0.4) is 0 Å². The Morgan fingerprint density at radius 1 is 1.08 bits per heavy atom. The van der Waals surface area contributed by atoms with Crippen molar-refractivity contribution in [2.24, 2.45) is 0 Å². The number of anilines is 1. The number of hydrogen-bond donors (Lipinski definition) is 0. The Balaban J connectivity index is 1.53. The summed E-state index contributed by atoms with van der Waals surface area (Å²) in [5.74, 6) is -0.342. The van der Waals surface area contributed by atoms with Gasteiger partial charge in [0.1, 0.15) is 6.10 Å². The lowest BCUT2D eigenvalue weighted by molar-refractivity contribution is -0.384. The van der Waals surface area contributed by atoms with Gasteiger partial charge in [-0.3, -0.25) is 10.1 Å². The molecular weight excluding hydrogens is 344 g/mol. The fourth-order valence-corrected chi connectivity index (χ4v) is 2.95. The largest absolute Gasteiger partial charge is 0.459 e. The summed E-state index contributed by atoms with van der Waals surface area (Å²) in [7, 11) is 0. The van der Waals surface area contributed by atoms with Gasteiger partial charge < -0.3 is 9.64 Å². The second-order valence-corrected chi connectivity index (χ2v) is 6.31. The molecule has 1 heterocycles. The van der Waals surface area contributed by atoms with Crippen LogP contribution in [0.5, 0.6) is 0 Å². The molecule has 0 aromatic heterocycles. The first kappa shape index (κ1) is 17.2. The molecule has 7 heteroatoms. The standard InChI is InChI=1S/C18H17ClN2O4/c19-14-3-1-13(2-4-14)18(22)25-17-9-11-20(12-10-17)15-5-7-16(8-6-15)21(23)24/h1-8,17H,9-12H2. The van der Waals surface area contributed by atoms with Crippen LogP contribution in [0.4, 0.5) is 11.4 Å². The van der Waals surface area contributed by atoms with Crippen LogP contribution >= 0.6 is 11.6 Å². The van der Waals surface area contributed by atoms with Crippen molar-refractivity contribution in [3.8, 4) is 0 Å². The molecule has 0 atom stereocenters. The Morgan fingerprint density at radius 3 is 2.24 bits per heavy atom. The average Bonchev–Trinajstić information content (AvgIpc) is 2.63. The molecule has 1 aliphatic heterocycles. The highest BCUT2D eigenvalue weighted by Gasteiger charge is 2.23. The quantitative estimate of drug-likeness (QED) is 0.466. The average molecular weight is 361 g/mol.